The van der Waals surface area contributed by atoms with Gasteiger partial charge in [-0.1, -0.05) is 0 Å². The molecule has 1 rings (SSSR count). The maximum Gasteiger partial charge on any atom is 0.326 e. The van der Waals surface area contributed by atoms with Gasteiger partial charge in [-0.2, -0.15) is 0 Å². The van der Waals surface area contributed by atoms with Crippen LogP contribution in [-0.4, -0.2) is 65.9 Å². The van der Waals surface area contributed by atoms with Crippen LogP contribution >= 0.6 is 0 Å². The fourth-order valence-corrected chi connectivity index (χ4v) is 2.30. The molecule has 21 heavy (non-hydrogen) atoms. The molecule has 3 N–H and O–H groups in total. The van der Waals surface area contributed by atoms with E-state index >= 15 is 0 Å². The van der Waals surface area contributed by atoms with Crippen molar-refractivity contribution < 1.29 is 29.3 Å². The average molecular weight is 302 g/mol. The Balaban J connectivity index is 2.45. The molecule has 2 atom stereocenters. The van der Waals surface area contributed by atoms with Gasteiger partial charge in [0.1, 0.15) is 6.04 Å². The Hall–Kier alpha value is -1.83. The van der Waals surface area contributed by atoms with Gasteiger partial charge in [0.05, 0.1) is 7.11 Å². The largest absolute Gasteiger partial charge is 0.480 e. The van der Waals surface area contributed by atoms with Crippen LogP contribution in [0.25, 0.3) is 0 Å². The Morgan fingerprint density at radius 3 is 2.71 bits per heavy atom. The van der Waals surface area contributed by atoms with E-state index in [2.05, 4.69) is 10.1 Å². The lowest BCUT2D eigenvalue weighted by molar-refractivity contribution is -0.142. The molecule has 0 aromatic carbocycles. The molecule has 2 amide bonds. The lowest BCUT2D eigenvalue weighted by Crippen LogP contribution is -2.47. The molecule has 0 bridgehead atoms. The third-order valence-corrected chi connectivity index (χ3v) is 3.57. The number of methoxy groups -OCH3 is 1. The van der Waals surface area contributed by atoms with Crippen LogP contribution in [0.1, 0.15) is 25.7 Å². The molecule has 1 unspecified atom stereocenters. The van der Waals surface area contributed by atoms with Crippen molar-refractivity contribution in [3.05, 3.63) is 0 Å². The molecule has 0 aliphatic carbocycles. The molecule has 0 aromatic heterocycles. The number of urea groups is 1. The van der Waals surface area contributed by atoms with Gasteiger partial charge >= 0.3 is 18.0 Å². The topological polar surface area (TPSA) is 116 Å². The minimum Gasteiger partial charge on any atom is -0.480 e. The minimum absolute atomic E-state index is 0.0122. The van der Waals surface area contributed by atoms with Gasteiger partial charge in [-0.25, -0.2) is 9.59 Å². The predicted molar refractivity (Wildman–Crippen MR) is 72.6 cm³/mol. The smallest absolute Gasteiger partial charge is 0.326 e. The zero-order valence-corrected chi connectivity index (χ0v) is 12.1. The van der Waals surface area contributed by atoms with Gasteiger partial charge in [0.15, 0.2) is 0 Å². The number of aliphatic hydroxyl groups excluding tert-OH is 1. The van der Waals surface area contributed by atoms with Crippen molar-refractivity contribution in [2.45, 2.75) is 31.7 Å². The maximum absolute atomic E-state index is 12.0. The zero-order valence-electron chi connectivity index (χ0n) is 12.1. The SMILES string of the molecule is COC(=O)CC[C@@H](NC(=O)N1CCC(CCO)C1)C(=O)O. The van der Waals surface area contributed by atoms with Gasteiger partial charge in [0.25, 0.3) is 0 Å². The van der Waals surface area contributed by atoms with Crippen LogP contribution in [0.15, 0.2) is 0 Å². The monoisotopic (exact) mass is 302 g/mol. The summed E-state index contributed by atoms with van der Waals surface area (Å²) in [4.78, 5) is 35.7. The number of aliphatic hydroxyl groups is 1. The van der Waals surface area contributed by atoms with Crippen molar-refractivity contribution >= 4 is 18.0 Å². The van der Waals surface area contributed by atoms with E-state index in [1.165, 1.54) is 12.0 Å². The Bertz CT molecular complexity index is 387. The number of aliphatic carboxylic acids is 1. The highest BCUT2D eigenvalue weighted by molar-refractivity contribution is 5.83. The first-order chi connectivity index (χ1) is 9.97. The van der Waals surface area contributed by atoms with E-state index in [0.717, 1.165) is 6.42 Å². The van der Waals surface area contributed by atoms with Crippen molar-refractivity contribution in [2.24, 2.45) is 5.92 Å². The summed E-state index contributed by atoms with van der Waals surface area (Å²) in [7, 11) is 1.22. The second-order valence-corrected chi connectivity index (χ2v) is 5.07. The lowest BCUT2D eigenvalue weighted by atomic mass is 10.1. The molecular weight excluding hydrogens is 280 g/mol. The molecule has 1 aliphatic heterocycles. The molecule has 8 heteroatoms. The predicted octanol–water partition coefficient (Wildman–Crippen LogP) is -0.193. The summed E-state index contributed by atoms with van der Waals surface area (Å²) in [6, 6.07) is -1.57. The third-order valence-electron chi connectivity index (χ3n) is 3.57. The number of nitrogens with zero attached hydrogens (tertiary/aromatic N) is 1. The molecule has 8 nitrogen and oxygen atoms in total. The van der Waals surface area contributed by atoms with Crippen LogP contribution in [0.2, 0.25) is 0 Å². The minimum atomic E-state index is -1.18. The number of likely N-dealkylation sites (tertiary alicyclic amines) is 1. The number of rotatable bonds is 7. The van der Waals surface area contributed by atoms with E-state index in [-0.39, 0.29) is 25.4 Å². The van der Waals surface area contributed by atoms with Crippen LogP contribution in [-0.2, 0) is 14.3 Å². The number of carboxylic acid groups (broad SMARTS) is 1. The van der Waals surface area contributed by atoms with Crippen LogP contribution < -0.4 is 5.32 Å². The highest BCUT2D eigenvalue weighted by Crippen LogP contribution is 2.19. The lowest BCUT2D eigenvalue weighted by Gasteiger charge is -2.21. The summed E-state index contributed by atoms with van der Waals surface area (Å²) in [5.74, 6) is -1.45. The van der Waals surface area contributed by atoms with E-state index in [9.17, 15) is 14.4 Å². The summed E-state index contributed by atoms with van der Waals surface area (Å²) in [6.45, 7) is 1.13. The molecule has 0 saturated carbocycles. The fraction of sp³-hybridized carbons (Fsp3) is 0.769. The first-order valence-electron chi connectivity index (χ1n) is 6.93. The van der Waals surface area contributed by atoms with Gasteiger partial charge < -0.3 is 25.2 Å². The molecule has 0 radical (unpaired) electrons. The normalized spacial score (nSPS) is 19.1. The summed E-state index contributed by atoms with van der Waals surface area (Å²) in [5, 5.41) is 20.4. The van der Waals surface area contributed by atoms with Crippen molar-refractivity contribution in [1.29, 1.82) is 0 Å². The molecule has 1 saturated heterocycles. The highest BCUT2D eigenvalue weighted by atomic mass is 16.5. The van der Waals surface area contributed by atoms with Crippen LogP contribution in [0, 0.1) is 5.92 Å². The van der Waals surface area contributed by atoms with Crippen molar-refractivity contribution in [3.8, 4) is 0 Å². The third kappa shape index (κ3) is 5.58. The van der Waals surface area contributed by atoms with Crippen LogP contribution in [0.5, 0.6) is 0 Å². The van der Waals surface area contributed by atoms with E-state index in [1.807, 2.05) is 0 Å². The number of carbonyl (C=O) groups excluding carboxylic acids is 2. The Morgan fingerprint density at radius 2 is 2.14 bits per heavy atom. The summed E-state index contributed by atoms with van der Waals surface area (Å²) < 4.78 is 4.45. The van der Waals surface area contributed by atoms with Gasteiger partial charge in [-0.3, -0.25) is 4.79 Å². The van der Waals surface area contributed by atoms with Crippen LogP contribution in [0.3, 0.4) is 0 Å². The van der Waals surface area contributed by atoms with E-state index in [0.29, 0.717) is 19.5 Å². The van der Waals surface area contributed by atoms with E-state index in [4.69, 9.17) is 10.2 Å². The second kappa shape index (κ2) is 8.46. The summed E-state index contributed by atoms with van der Waals surface area (Å²) in [6.07, 6.45) is 1.35. The quantitative estimate of drug-likeness (QED) is 0.561. The highest BCUT2D eigenvalue weighted by Gasteiger charge is 2.29. The van der Waals surface area contributed by atoms with Gasteiger partial charge in [0, 0.05) is 26.1 Å². The van der Waals surface area contributed by atoms with Crippen molar-refractivity contribution in [1.82, 2.24) is 10.2 Å². The number of carbonyl (C=O) groups is 3. The van der Waals surface area contributed by atoms with Gasteiger partial charge in [-0.15, -0.1) is 0 Å². The molecule has 120 valence electrons. The van der Waals surface area contributed by atoms with Crippen molar-refractivity contribution in [3.63, 3.8) is 0 Å². The number of ether oxygens (including phenoxy) is 1. The van der Waals surface area contributed by atoms with E-state index in [1.54, 1.807) is 0 Å². The van der Waals surface area contributed by atoms with Crippen LogP contribution in [0.4, 0.5) is 4.79 Å². The molecular formula is C13H22N2O6. The number of hydrogen-bond acceptors (Lipinski definition) is 5. The average Bonchev–Trinajstić information content (AvgIpc) is 2.91. The standard InChI is InChI=1S/C13H22N2O6/c1-21-11(17)3-2-10(12(18)19)14-13(20)15-6-4-9(8-15)5-7-16/h9-10,16H,2-8H2,1H3,(H,14,20)(H,18,19)/t9?,10-/m1/s1. The maximum atomic E-state index is 12.0. The van der Waals surface area contributed by atoms with Gasteiger partial charge in [-0.05, 0) is 25.2 Å². The number of nitrogens with one attached hydrogen (secondary N) is 1. The number of esters is 1. The first kappa shape index (κ1) is 17.2. The molecule has 0 spiro atoms. The fourth-order valence-electron chi connectivity index (χ4n) is 2.30. The number of hydrogen-bond donors (Lipinski definition) is 3. The van der Waals surface area contributed by atoms with Gasteiger partial charge in [0.2, 0.25) is 0 Å². The summed E-state index contributed by atoms with van der Waals surface area (Å²) >= 11 is 0. The van der Waals surface area contributed by atoms with E-state index < -0.39 is 24.0 Å². The molecule has 0 aromatic rings. The molecule has 1 fully saturated rings. The first-order valence-corrected chi connectivity index (χ1v) is 6.93. The zero-order chi connectivity index (χ0) is 15.8. The number of carboxylic acids is 1. The molecule has 1 heterocycles. The van der Waals surface area contributed by atoms with Crippen molar-refractivity contribution in [2.75, 3.05) is 26.8 Å². The number of amides is 2. The Morgan fingerprint density at radius 1 is 1.43 bits per heavy atom. The second-order valence-electron chi connectivity index (χ2n) is 5.07. The Kier molecular flexibility index (Phi) is 6.93. The summed E-state index contributed by atoms with van der Waals surface area (Å²) in [5.41, 5.74) is 0. The Labute approximate surface area is 123 Å². The molecule has 1 aliphatic rings.